The van der Waals surface area contributed by atoms with Gasteiger partial charge in [-0.25, -0.2) is 0 Å². The van der Waals surface area contributed by atoms with E-state index in [9.17, 15) is 24.9 Å². The van der Waals surface area contributed by atoms with E-state index in [1.54, 1.807) is 53.4 Å². The number of carbonyl (C=O) groups excluding carboxylic acids is 1. The predicted molar refractivity (Wildman–Crippen MR) is 160 cm³/mol. The highest BCUT2D eigenvalue weighted by Crippen LogP contribution is 2.49. The Morgan fingerprint density at radius 2 is 1.69 bits per heavy atom. The Morgan fingerprint density at radius 3 is 2.38 bits per heavy atom. The molecule has 9 heteroatoms. The third-order valence-corrected chi connectivity index (χ3v) is 7.52. The van der Waals surface area contributed by atoms with Crippen LogP contribution in [0, 0.1) is 0 Å². The number of phenolic OH excluding ortho intramolecular Hbond substituents is 3. The monoisotopic (exact) mass is 570 g/mol. The molecule has 0 unspecified atom stereocenters. The van der Waals surface area contributed by atoms with Crippen LogP contribution in [0.2, 0.25) is 0 Å². The van der Waals surface area contributed by atoms with E-state index in [4.69, 9.17) is 9.15 Å². The number of aromatic hydroxyl groups is 3. The van der Waals surface area contributed by atoms with Crippen LogP contribution in [-0.4, -0.2) is 70.9 Å². The molecular formula is C33H34N2O7. The Balaban J connectivity index is 1.71. The number of nitrogens with zero attached hydrogens (tertiary/aromatic N) is 2. The standard InChI is InChI=1S/C33H34N2O7/c1-20(2)19-41-23-11-7-10-22(16-23)24(17-27(37)35-14-12-34(3)13-15-35)28-30(38)32(40)31(39)29-25(36)18-26(42-33(28)29)21-8-5-4-6-9-21/h4-11,16,18,24,38-40H,1,12-15,17,19H2,2-3H3/t24-/m0/s1. The molecule has 1 aromatic heterocycles. The molecule has 4 aromatic rings. The van der Waals surface area contributed by atoms with Crippen molar-refractivity contribution in [1.82, 2.24) is 9.80 Å². The molecular weight excluding hydrogens is 536 g/mol. The van der Waals surface area contributed by atoms with E-state index in [1.807, 2.05) is 20.0 Å². The van der Waals surface area contributed by atoms with Gasteiger partial charge in [0.05, 0.1) is 0 Å². The highest BCUT2D eigenvalue weighted by atomic mass is 16.5. The van der Waals surface area contributed by atoms with Gasteiger partial charge in [0.2, 0.25) is 11.7 Å². The van der Waals surface area contributed by atoms with E-state index in [-0.39, 0.29) is 41.2 Å². The summed E-state index contributed by atoms with van der Waals surface area (Å²) >= 11 is 0. The number of fused-ring (bicyclic) bond motifs is 1. The maximum atomic E-state index is 13.7. The molecule has 0 radical (unpaired) electrons. The molecule has 0 spiro atoms. The highest BCUT2D eigenvalue weighted by molar-refractivity contribution is 5.94. The number of phenols is 3. The van der Waals surface area contributed by atoms with E-state index in [2.05, 4.69) is 11.5 Å². The van der Waals surface area contributed by atoms with Crippen LogP contribution in [0.3, 0.4) is 0 Å². The molecule has 1 amide bonds. The van der Waals surface area contributed by atoms with Crippen LogP contribution in [0.4, 0.5) is 0 Å². The van der Waals surface area contributed by atoms with Crippen LogP contribution in [0.5, 0.6) is 23.0 Å². The van der Waals surface area contributed by atoms with Gasteiger partial charge in [0.15, 0.2) is 16.9 Å². The quantitative estimate of drug-likeness (QED) is 0.203. The van der Waals surface area contributed by atoms with Gasteiger partial charge in [0.1, 0.15) is 29.1 Å². The Morgan fingerprint density at radius 1 is 0.976 bits per heavy atom. The van der Waals surface area contributed by atoms with Crippen LogP contribution < -0.4 is 10.2 Å². The smallest absolute Gasteiger partial charge is 0.223 e. The number of rotatable bonds is 8. The van der Waals surface area contributed by atoms with Gasteiger partial charge < -0.3 is 34.3 Å². The zero-order valence-corrected chi connectivity index (χ0v) is 23.7. The number of hydrogen-bond acceptors (Lipinski definition) is 8. The van der Waals surface area contributed by atoms with Gasteiger partial charge in [0.25, 0.3) is 0 Å². The van der Waals surface area contributed by atoms with Crippen LogP contribution in [0.15, 0.2) is 82.0 Å². The normalized spacial score (nSPS) is 14.6. The lowest BCUT2D eigenvalue weighted by atomic mass is 9.85. The Kier molecular flexibility index (Phi) is 8.22. The van der Waals surface area contributed by atoms with E-state index in [1.165, 1.54) is 6.07 Å². The number of amides is 1. The molecule has 1 saturated heterocycles. The number of likely N-dealkylation sites (N-methyl/N-ethyl adjacent to an activating group) is 1. The average molecular weight is 571 g/mol. The van der Waals surface area contributed by atoms with Crippen molar-refractivity contribution >= 4 is 16.9 Å². The van der Waals surface area contributed by atoms with Crippen molar-refractivity contribution in [3.8, 4) is 34.3 Å². The van der Waals surface area contributed by atoms with Crippen molar-refractivity contribution in [2.45, 2.75) is 19.3 Å². The third-order valence-electron chi connectivity index (χ3n) is 7.52. The first-order valence-electron chi connectivity index (χ1n) is 13.8. The molecule has 1 aliphatic rings. The summed E-state index contributed by atoms with van der Waals surface area (Å²) in [4.78, 5) is 30.9. The van der Waals surface area contributed by atoms with Gasteiger partial charge in [-0.05, 0) is 37.2 Å². The maximum absolute atomic E-state index is 13.7. The number of carbonyl (C=O) groups is 1. The molecule has 0 bridgehead atoms. The zero-order valence-electron chi connectivity index (χ0n) is 23.7. The molecule has 0 saturated carbocycles. The fourth-order valence-electron chi connectivity index (χ4n) is 5.21. The molecule has 3 aromatic carbocycles. The van der Waals surface area contributed by atoms with E-state index < -0.39 is 28.6 Å². The van der Waals surface area contributed by atoms with Crippen LogP contribution in [0.1, 0.15) is 30.4 Å². The lowest BCUT2D eigenvalue weighted by molar-refractivity contribution is -0.133. The summed E-state index contributed by atoms with van der Waals surface area (Å²) in [5, 5.41) is 32.6. The maximum Gasteiger partial charge on any atom is 0.223 e. The summed E-state index contributed by atoms with van der Waals surface area (Å²) in [7, 11) is 2.00. The second-order valence-corrected chi connectivity index (χ2v) is 10.8. The third kappa shape index (κ3) is 5.82. The summed E-state index contributed by atoms with van der Waals surface area (Å²) in [6.45, 7) is 8.55. The minimum absolute atomic E-state index is 0.0229. The van der Waals surface area contributed by atoms with Crippen molar-refractivity contribution in [3.05, 3.63) is 94.2 Å². The minimum atomic E-state index is -0.867. The summed E-state index contributed by atoms with van der Waals surface area (Å²) in [6.07, 6.45) is -0.0974. The fourth-order valence-corrected chi connectivity index (χ4v) is 5.21. The Hall–Kier alpha value is -4.76. The van der Waals surface area contributed by atoms with Gasteiger partial charge in [-0.3, -0.25) is 9.59 Å². The summed E-state index contributed by atoms with van der Waals surface area (Å²) in [5.41, 5.74) is 1.32. The van der Waals surface area contributed by atoms with Crippen LogP contribution >= 0.6 is 0 Å². The topological polar surface area (TPSA) is 124 Å². The van der Waals surface area contributed by atoms with Gasteiger partial charge in [-0.1, -0.05) is 49.0 Å². The average Bonchev–Trinajstić information content (AvgIpc) is 2.99. The molecule has 1 atom stereocenters. The first-order chi connectivity index (χ1) is 20.1. The number of benzene rings is 3. The molecule has 2 heterocycles. The molecule has 218 valence electrons. The molecule has 42 heavy (non-hydrogen) atoms. The van der Waals surface area contributed by atoms with Crippen LogP contribution in [0.25, 0.3) is 22.3 Å². The minimum Gasteiger partial charge on any atom is -0.504 e. The Bertz CT molecular complexity index is 1690. The second-order valence-electron chi connectivity index (χ2n) is 10.8. The van der Waals surface area contributed by atoms with Crippen LogP contribution in [-0.2, 0) is 4.79 Å². The van der Waals surface area contributed by atoms with Crippen molar-refractivity contribution in [2.75, 3.05) is 39.8 Å². The Labute approximate surface area is 243 Å². The first kappa shape index (κ1) is 28.8. The number of piperazine rings is 1. The second kappa shape index (κ2) is 12.0. The predicted octanol–water partition coefficient (Wildman–Crippen LogP) is 4.83. The summed E-state index contributed by atoms with van der Waals surface area (Å²) in [5.74, 6) is -2.62. The lowest BCUT2D eigenvalue weighted by Gasteiger charge is -2.33. The number of hydrogen-bond donors (Lipinski definition) is 3. The van der Waals surface area contributed by atoms with Crippen molar-refractivity contribution in [2.24, 2.45) is 0 Å². The summed E-state index contributed by atoms with van der Waals surface area (Å²) in [6, 6.07) is 17.2. The molecule has 9 nitrogen and oxygen atoms in total. The van der Waals surface area contributed by atoms with Crippen molar-refractivity contribution in [1.29, 1.82) is 0 Å². The molecule has 1 aliphatic heterocycles. The van der Waals surface area contributed by atoms with Crippen molar-refractivity contribution < 1.29 is 29.3 Å². The van der Waals surface area contributed by atoms with Gasteiger partial charge >= 0.3 is 0 Å². The zero-order chi connectivity index (χ0) is 30.0. The van der Waals surface area contributed by atoms with E-state index in [0.29, 0.717) is 30.0 Å². The highest BCUT2D eigenvalue weighted by Gasteiger charge is 2.32. The van der Waals surface area contributed by atoms with Gasteiger partial charge in [-0.2, -0.15) is 0 Å². The lowest BCUT2D eigenvalue weighted by Crippen LogP contribution is -2.47. The summed E-state index contributed by atoms with van der Waals surface area (Å²) < 4.78 is 12.1. The molecule has 1 fully saturated rings. The molecule has 5 rings (SSSR count). The molecule has 0 aliphatic carbocycles. The SMILES string of the molecule is C=C(C)COc1cccc([C@H](CC(=O)N2CCN(C)CC2)c2c(O)c(O)c(O)c3c(=O)cc(-c4ccccc4)oc23)c1. The van der Waals surface area contributed by atoms with E-state index in [0.717, 1.165) is 18.7 Å². The number of ether oxygens (including phenoxy) is 1. The van der Waals surface area contributed by atoms with Gasteiger partial charge in [0, 0.05) is 55.7 Å². The van der Waals surface area contributed by atoms with Gasteiger partial charge in [-0.15, -0.1) is 0 Å². The van der Waals surface area contributed by atoms with Crippen molar-refractivity contribution in [3.63, 3.8) is 0 Å². The largest absolute Gasteiger partial charge is 0.504 e. The van der Waals surface area contributed by atoms with E-state index >= 15 is 0 Å². The molecule has 3 N–H and O–H groups in total. The fraction of sp³-hybridized carbons (Fsp3) is 0.273. The first-order valence-corrected chi connectivity index (χ1v) is 13.8.